The van der Waals surface area contributed by atoms with Crippen LogP contribution in [0.2, 0.25) is 0 Å². The molecule has 0 saturated carbocycles. The second-order valence-electron chi connectivity index (χ2n) is 4.37. The van der Waals surface area contributed by atoms with Gasteiger partial charge in [0.15, 0.2) is 0 Å². The first-order valence-corrected chi connectivity index (χ1v) is 6.17. The first-order valence-electron chi connectivity index (χ1n) is 6.17. The zero-order chi connectivity index (χ0) is 13.9. The van der Waals surface area contributed by atoms with Gasteiger partial charge in [-0.1, -0.05) is 18.2 Å². The smallest absolute Gasteiger partial charge is 0.142 e. The molecule has 0 radical (unpaired) electrons. The average Bonchev–Trinajstić information content (AvgIpc) is 2.97. The lowest BCUT2D eigenvalue weighted by molar-refractivity contribution is 0.219. The van der Waals surface area contributed by atoms with Gasteiger partial charge in [-0.05, 0) is 24.3 Å². The van der Waals surface area contributed by atoms with Crippen molar-refractivity contribution < 1.29 is 13.9 Å². The maximum Gasteiger partial charge on any atom is 0.142 e. The van der Waals surface area contributed by atoms with Crippen LogP contribution in [0.5, 0.6) is 0 Å². The summed E-state index contributed by atoms with van der Waals surface area (Å²) in [7, 11) is 0. The van der Waals surface area contributed by atoms with Crippen LogP contribution in [0.3, 0.4) is 0 Å². The van der Waals surface area contributed by atoms with Gasteiger partial charge in [0.25, 0.3) is 0 Å². The van der Waals surface area contributed by atoms with Crippen molar-refractivity contribution in [2.75, 3.05) is 0 Å². The molecule has 2 heterocycles. The zero-order valence-electron chi connectivity index (χ0n) is 10.5. The second-order valence-corrected chi connectivity index (χ2v) is 4.37. The standard InChI is InChI=1S/C16H12FNO2/c17-14-6-2-1-5-12(14)16-13(7-9-20-16)15(19)11-4-3-8-18-10-11/h1-10,15,19H. The van der Waals surface area contributed by atoms with Crippen LogP contribution in [-0.2, 0) is 0 Å². The number of furan rings is 1. The fourth-order valence-corrected chi connectivity index (χ4v) is 2.12. The quantitative estimate of drug-likeness (QED) is 0.790. The number of hydrogen-bond acceptors (Lipinski definition) is 3. The number of aromatic nitrogens is 1. The zero-order valence-corrected chi connectivity index (χ0v) is 10.5. The van der Waals surface area contributed by atoms with Crippen molar-refractivity contribution in [2.24, 2.45) is 0 Å². The molecule has 0 fully saturated rings. The van der Waals surface area contributed by atoms with Gasteiger partial charge in [-0.3, -0.25) is 4.98 Å². The van der Waals surface area contributed by atoms with Gasteiger partial charge in [-0.15, -0.1) is 0 Å². The van der Waals surface area contributed by atoms with E-state index in [-0.39, 0.29) is 5.82 Å². The topological polar surface area (TPSA) is 46.3 Å². The van der Waals surface area contributed by atoms with E-state index in [0.29, 0.717) is 22.5 Å². The molecule has 0 aliphatic heterocycles. The van der Waals surface area contributed by atoms with Crippen LogP contribution < -0.4 is 0 Å². The van der Waals surface area contributed by atoms with Crippen molar-refractivity contribution in [1.82, 2.24) is 4.98 Å². The van der Waals surface area contributed by atoms with Gasteiger partial charge in [0.2, 0.25) is 0 Å². The van der Waals surface area contributed by atoms with Crippen LogP contribution >= 0.6 is 0 Å². The van der Waals surface area contributed by atoms with E-state index in [2.05, 4.69) is 4.98 Å². The lowest BCUT2D eigenvalue weighted by atomic mass is 10.00. The van der Waals surface area contributed by atoms with Crippen LogP contribution in [0.15, 0.2) is 65.5 Å². The number of pyridine rings is 1. The van der Waals surface area contributed by atoms with E-state index >= 15 is 0 Å². The molecule has 3 rings (SSSR count). The van der Waals surface area contributed by atoms with Gasteiger partial charge in [-0.2, -0.15) is 0 Å². The van der Waals surface area contributed by atoms with E-state index in [4.69, 9.17) is 4.42 Å². The summed E-state index contributed by atoms with van der Waals surface area (Å²) in [6.45, 7) is 0. The molecule has 4 heteroatoms. The van der Waals surface area contributed by atoms with E-state index < -0.39 is 6.10 Å². The number of aliphatic hydroxyl groups excluding tert-OH is 1. The van der Waals surface area contributed by atoms with Gasteiger partial charge in [0.1, 0.15) is 17.7 Å². The fourth-order valence-electron chi connectivity index (χ4n) is 2.12. The fraction of sp³-hybridized carbons (Fsp3) is 0.0625. The minimum absolute atomic E-state index is 0.329. The van der Waals surface area contributed by atoms with Crippen molar-refractivity contribution >= 4 is 0 Å². The summed E-state index contributed by atoms with van der Waals surface area (Å²) in [5.41, 5.74) is 1.48. The van der Waals surface area contributed by atoms with Gasteiger partial charge in [0, 0.05) is 23.5 Å². The van der Waals surface area contributed by atoms with Crippen LogP contribution in [0.1, 0.15) is 17.2 Å². The summed E-state index contributed by atoms with van der Waals surface area (Å²) in [6.07, 6.45) is 3.74. The number of aliphatic hydroxyl groups is 1. The van der Waals surface area contributed by atoms with Crippen LogP contribution in [0.4, 0.5) is 4.39 Å². The molecule has 0 bridgehead atoms. The molecule has 0 spiro atoms. The summed E-state index contributed by atoms with van der Waals surface area (Å²) in [5.74, 6) is -0.0541. The second kappa shape index (κ2) is 5.27. The van der Waals surface area contributed by atoms with Crippen molar-refractivity contribution in [3.63, 3.8) is 0 Å². The average molecular weight is 269 g/mol. The molecular formula is C16H12FNO2. The van der Waals surface area contributed by atoms with E-state index in [9.17, 15) is 9.50 Å². The lowest BCUT2D eigenvalue weighted by Crippen LogP contribution is -2.00. The molecule has 1 atom stereocenters. The predicted octanol–water partition coefficient (Wildman–Crippen LogP) is 3.56. The molecule has 3 aromatic rings. The SMILES string of the molecule is OC(c1cccnc1)c1ccoc1-c1ccccc1F. The van der Waals surface area contributed by atoms with Crippen molar-refractivity contribution in [3.8, 4) is 11.3 Å². The highest BCUT2D eigenvalue weighted by Crippen LogP contribution is 2.33. The summed E-state index contributed by atoms with van der Waals surface area (Å²) in [5, 5.41) is 10.4. The summed E-state index contributed by atoms with van der Waals surface area (Å²) < 4.78 is 19.2. The van der Waals surface area contributed by atoms with E-state index in [0.717, 1.165) is 0 Å². The number of nitrogens with zero attached hydrogens (tertiary/aromatic N) is 1. The largest absolute Gasteiger partial charge is 0.464 e. The Bertz CT molecular complexity index is 709. The molecule has 3 nitrogen and oxygen atoms in total. The van der Waals surface area contributed by atoms with E-state index in [1.54, 1.807) is 48.8 Å². The minimum atomic E-state index is -0.906. The molecule has 0 aliphatic rings. The third-order valence-electron chi connectivity index (χ3n) is 3.11. The molecule has 2 aromatic heterocycles. The Morgan fingerprint density at radius 1 is 1.10 bits per heavy atom. The Morgan fingerprint density at radius 2 is 1.95 bits per heavy atom. The molecule has 1 unspecified atom stereocenters. The van der Waals surface area contributed by atoms with Crippen LogP contribution in [-0.4, -0.2) is 10.1 Å². The highest BCUT2D eigenvalue weighted by atomic mass is 19.1. The van der Waals surface area contributed by atoms with Crippen LogP contribution in [0.25, 0.3) is 11.3 Å². The number of hydrogen-bond donors (Lipinski definition) is 1. The molecule has 20 heavy (non-hydrogen) atoms. The predicted molar refractivity (Wildman–Crippen MR) is 72.4 cm³/mol. The number of rotatable bonds is 3. The van der Waals surface area contributed by atoms with Gasteiger partial charge < -0.3 is 9.52 Å². The summed E-state index contributed by atoms with van der Waals surface area (Å²) >= 11 is 0. The van der Waals surface area contributed by atoms with Crippen molar-refractivity contribution in [1.29, 1.82) is 0 Å². The van der Waals surface area contributed by atoms with Crippen LogP contribution in [0, 0.1) is 5.82 Å². The maximum atomic E-state index is 13.8. The first-order chi connectivity index (χ1) is 9.77. The van der Waals surface area contributed by atoms with E-state index in [1.165, 1.54) is 12.3 Å². The highest BCUT2D eigenvalue weighted by molar-refractivity contribution is 5.63. The molecule has 0 amide bonds. The normalized spacial score (nSPS) is 12.3. The summed E-state index contributed by atoms with van der Waals surface area (Å²) in [4.78, 5) is 3.97. The molecule has 0 aliphatic carbocycles. The Balaban J connectivity index is 2.05. The third kappa shape index (κ3) is 2.21. The third-order valence-corrected chi connectivity index (χ3v) is 3.11. The number of halogens is 1. The molecule has 100 valence electrons. The first kappa shape index (κ1) is 12.6. The molecule has 1 N–H and O–H groups in total. The Morgan fingerprint density at radius 3 is 2.70 bits per heavy atom. The Kier molecular flexibility index (Phi) is 3.31. The molecular weight excluding hydrogens is 257 g/mol. The maximum absolute atomic E-state index is 13.8. The molecule has 1 aromatic carbocycles. The highest BCUT2D eigenvalue weighted by Gasteiger charge is 2.20. The van der Waals surface area contributed by atoms with Gasteiger partial charge in [-0.25, -0.2) is 4.39 Å². The van der Waals surface area contributed by atoms with Gasteiger partial charge >= 0.3 is 0 Å². The van der Waals surface area contributed by atoms with Gasteiger partial charge in [0.05, 0.1) is 11.8 Å². The van der Waals surface area contributed by atoms with E-state index in [1.807, 2.05) is 0 Å². The van der Waals surface area contributed by atoms with Crippen molar-refractivity contribution in [2.45, 2.75) is 6.10 Å². The molecule has 0 saturated heterocycles. The Labute approximate surface area is 115 Å². The lowest BCUT2D eigenvalue weighted by Gasteiger charge is -2.11. The minimum Gasteiger partial charge on any atom is -0.464 e. The van der Waals surface area contributed by atoms with Crippen molar-refractivity contribution in [3.05, 3.63) is 78.1 Å². The summed E-state index contributed by atoms with van der Waals surface area (Å²) in [6, 6.07) is 11.4. The monoisotopic (exact) mass is 269 g/mol. The Hall–Kier alpha value is -2.46. The number of benzene rings is 1.